The van der Waals surface area contributed by atoms with Gasteiger partial charge in [0.15, 0.2) is 11.4 Å². The number of alkyl halides is 5. The molecule has 13 heteroatoms. The van der Waals surface area contributed by atoms with Gasteiger partial charge in [0.2, 0.25) is 0 Å². The van der Waals surface area contributed by atoms with Crippen molar-refractivity contribution in [1.82, 2.24) is 29.6 Å². The summed E-state index contributed by atoms with van der Waals surface area (Å²) in [6.45, 7) is 2.62. The molecule has 1 unspecified atom stereocenters. The molecule has 0 aromatic carbocycles. The topological polar surface area (TPSA) is 88.8 Å². The van der Waals surface area contributed by atoms with E-state index >= 15 is 0 Å². The van der Waals surface area contributed by atoms with Crippen molar-refractivity contribution in [1.29, 1.82) is 0 Å². The van der Waals surface area contributed by atoms with Crippen molar-refractivity contribution in [2.45, 2.75) is 38.4 Å². The molecule has 2 atom stereocenters. The average Bonchev–Trinajstić information content (AvgIpc) is 3.19. The molecule has 3 aromatic heterocycles. The number of amides is 1. The van der Waals surface area contributed by atoms with E-state index < -0.39 is 48.6 Å². The molecule has 1 aliphatic heterocycles. The number of carbonyl (C=O) groups excluding carboxylic acids is 1. The largest absolute Gasteiger partial charge is 0.434 e. The van der Waals surface area contributed by atoms with Gasteiger partial charge in [-0.1, -0.05) is 13.0 Å². The zero-order valence-electron chi connectivity index (χ0n) is 19.7. The maximum atomic E-state index is 14.6. The van der Waals surface area contributed by atoms with Gasteiger partial charge in [0.25, 0.3) is 11.8 Å². The molecule has 0 bridgehead atoms. The Kier molecular flexibility index (Phi) is 6.67. The molecule has 1 N–H and O–H groups in total. The Morgan fingerprint density at radius 3 is 2.53 bits per heavy atom. The number of anilines is 1. The molecule has 36 heavy (non-hydrogen) atoms. The molecule has 4 rings (SSSR count). The fourth-order valence-corrected chi connectivity index (χ4v) is 4.25. The van der Waals surface area contributed by atoms with Crippen LogP contribution in [0.15, 0.2) is 36.9 Å². The zero-order chi connectivity index (χ0) is 26.3. The third-order valence-corrected chi connectivity index (χ3v) is 5.99. The molecule has 3 aromatic rings. The second kappa shape index (κ2) is 9.43. The number of nitrogens with zero attached hydrogens (tertiary/aromatic N) is 6. The molecule has 8 nitrogen and oxygen atoms in total. The maximum Gasteiger partial charge on any atom is 0.434 e. The van der Waals surface area contributed by atoms with Gasteiger partial charge in [-0.2, -0.15) is 18.3 Å². The van der Waals surface area contributed by atoms with Crippen molar-refractivity contribution in [3.63, 3.8) is 0 Å². The number of hydrogen-bond acceptors (Lipinski definition) is 6. The quantitative estimate of drug-likeness (QED) is 0.519. The summed E-state index contributed by atoms with van der Waals surface area (Å²) < 4.78 is 68.8. The van der Waals surface area contributed by atoms with E-state index in [9.17, 15) is 26.7 Å². The molecule has 1 fully saturated rings. The summed E-state index contributed by atoms with van der Waals surface area (Å²) in [5.41, 5.74) is 0.631. The van der Waals surface area contributed by atoms with Crippen molar-refractivity contribution < 1.29 is 26.7 Å². The number of piperidine rings is 1. The van der Waals surface area contributed by atoms with Crippen LogP contribution in [0.5, 0.6) is 0 Å². The molecule has 1 aliphatic rings. The highest BCUT2D eigenvalue weighted by Crippen LogP contribution is 2.36. The van der Waals surface area contributed by atoms with Crippen LogP contribution in [0.2, 0.25) is 0 Å². The van der Waals surface area contributed by atoms with Gasteiger partial charge >= 0.3 is 6.18 Å². The number of halogens is 5. The summed E-state index contributed by atoms with van der Waals surface area (Å²) >= 11 is 0. The highest BCUT2D eigenvalue weighted by Gasteiger charge is 2.47. The molecule has 1 amide bonds. The summed E-state index contributed by atoms with van der Waals surface area (Å²) in [6, 6.07) is 2.83. The van der Waals surface area contributed by atoms with Gasteiger partial charge in [0.05, 0.1) is 36.2 Å². The number of nitrogens with one attached hydrogen (secondary N) is 1. The van der Waals surface area contributed by atoms with E-state index in [2.05, 4.69) is 25.4 Å². The Hall–Kier alpha value is -3.64. The Morgan fingerprint density at radius 2 is 1.92 bits per heavy atom. The smallest absolute Gasteiger partial charge is 0.367 e. The number of rotatable bonds is 5. The van der Waals surface area contributed by atoms with E-state index in [1.807, 2.05) is 13.0 Å². The van der Waals surface area contributed by atoms with E-state index in [1.165, 1.54) is 4.68 Å². The summed E-state index contributed by atoms with van der Waals surface area (Å²) in [6.07, 6.45) is -0.357. The van der Waals surface area contributed by atoms with Crippen molar-refractivity contribution in [3.05, 3.63) is 53.9 Å². The molecule has 0 aliphatic carbocycles. The number of pyridine rings is 1. The van der Waals surface area contributed by atoms with Crippen molar-refractivity contribution in [2.75, 3.05) is 18.4 Å². The molecule has 0 radical (unpaired) electrons. The molecular weight excluding hydrogens is 485 g/mol. The first-order valence-corrected chi connectivity index (χ1v) is 11.1. The normalized spacial score (nSPS) is 19.8. The Bertz CT molecular complexity index is 1230. The first-order valence-electron chi connectivity index (χ1n) is 11.1. The molecule has 1 saturated heterocycles. The second-order valence-corrected chi connectivity index (χ2v) is 8.99. The zero-order valence-corrected chi connectivity index (χ0v) is 19.7. The number of hydrogen-bond donors (Lipinski definition) is 1. The Labute approximate surface area is 203 Å². The van der Waals surface area contributed by atoms with E-state index in [4.69, 9.17) is 0 Å². The average molecular weight is 509 g/mol. The summed E-state index contributed by atoms with van der Waals surface area (Å²) in [4.78, 5) is 26.0. The van der Waals surface area contributed by atoms with Gasteiger partial charge < -0.3 is 10.2 Å². The van der Waals surface area contributed by atoms with Crippen LogP contribution in [-0.2, 0) is 13.2 Å². The van der Waals surface area contributed by atoms with Gasteiger partial charge in [-0.25, -0.2) is 18.7 Å². The first-order chi connectivity index (χ1) is 16.8. The molecule has 192 valence electrons. The monoisotopic (exact) mass is 509 g/mol. The van der Waals surface area contributed by atoms with Gasteiger partial charge in [0, 0.05) is 32.4 Å². The van der Waals surface area contributed by atoms with Crippen LogP contribution in [0.4, 0.5) is 27.8 Å². The minimum atomic E-state index is -4.63. The number of likely N-dealkylation sites (tertiary alicyclic amines) is 1. The van der Waals surface area contributed by atoms with Crippen LogP contribution in [0.1, 0.15) is 35.1 Å². The fourth-order valence-electron chi connectivity index (χ4n) is 4.25. The van der Waals surface area contributed by atoms with Crippen molar-refractivity contribution in [2.24, 2.45) is 13.0 Å². The van der Waals surface area contributed by atoms with E-state index in [1.54, 1.807) is 32.4 Å². The Balaban J connectivity index is 1.60. The lowest BCUT2D eigenvalue weighted by Gasteiger charge is -2.43. The lowest BCUT2D eigenvalue weighted by Crippen LogP contribution is -2.57. The predicted octanol–water partition coefficient (Wildman–Crippen LogP) is 4.20. The van der Waals surface area contributed by atoms with E-state index in [0.29, 0.717) is 17.5 Å². The number of aryl methyl sites for hydroxylation is 2. The van der Waals surface area contributed by atoms with Crippen LogP contribution in [0, 0.1) is 12.8 Å². The van der Waals surface area contributed by atoms with Crippen molar-refractivity contribution in [3.8, 4) is 11.3 Å². The van der Waals surface area contributed by atoms with Gasteiger partial charge in [0.1, 0.15) is 5.82 Å². The third-order valence-electron chi connectivity index (χ3n) is 5.99. The lowest BCUT2D eigenvalue weighted by molar-refractivity contribution is -0.141. The first kappa shape index (κ1) is 25.5. The van der Waals surface area contributed by atoms with Crippen molar-refractivity contribution >= 4 is 11.7 Å². The van der Waals surface area contributed by atoms with Gasteiger partial charge in [-0.3, -0.25) is 14.5 Å². The SMILES string of the molecule is Cc1ccc(-c2cn(C)nc2C(=O)N2CC(F)(F)C[C@@H](C)C2CNc2cnc(C(F)(F)F)cn2)nc1. The van der Waals surface area contributed by atoms with Crippen LogP contribution in [-0.4, -0.2) is 60.6 Å². The summed E-state index contributed by atoms with van der Waals surface area (Å²) in [5.74, 6) is -4.40. The van der Waals surface area contributed by atoms with Gasteiger partial charge in [-0.15, -0.1) is 0 Å². The lowest BCUT2D eigenvalue weighted by atomic mass is 9.88. The molecule has 0 spiro atoms. The number of aromatic nitrogens is 5. The predicted molar refractivity (Wildman–Crippen MR) is 120 cm³/mol. The van der Waals surface area contributed by atoms with E-state index in [0.717, 1.165) is 16.7 Å². The number of carbonyl (C=O) groups is 1. The van der Waals surface area contributed by atoms with Crippen LogP contribution in [0.25, 0.3) is 11.3 Å². The van der Waals surface area contributed by atoms with E-state index in [-0.39, 0.29) is 18.1 Å². The second-order valence-electron chi connectivity index (χ2n) is 8.99. The minimum Gasteiger partial charge on any atom is -0.367 e. The van der Waals surface area contributed by atoms with Crippen LogP contribution >= 0.6 is 0 Å². The van der Waals surface area contributed by atoms with Crippen LogP contribution in [0.3, 0.4) is 0 Å². The molecular formula is C23H24F5N7O. The summed E-state index contributed by atoms with van der Waals surface area (Å²) in [5, 5.41) is 7.06. The fraction of sp³-hybridized carbons (Fsp3) is 0.435. The highest BCUT2D eigenvalue weighted by atomic mass is 19.4. The highest BCUT2D eigenvalue weighted by molar-refractivity contribution is 5.98. The van der Waals surface area contributed by atoms with Gasteiger partial charge in [-0.05, 0) is 24.5 Å². The summed E-state index contributed by atoms with van der Waals surface area (Å²) in [7, 11) is 1.62. The molecule has 0 saturated carbocycles. The maximum absolute atomic E-state index is 14.6. The third kappa shape index (κ3) is 5.44. The Morgan fingerprint density at radius 1 is 1.17 bits per heavy atom. The standard InChI is InChI=1S/C23H24F5N7O/c1-13-4-5-16(29-7-13)15-11-34(3)33-20(15)21(36)35-12-22(24,25)6-14(2)17(35)8-31-19-10-30-18(9-32-19)23(26,27)28/h4-5,7,9-11,14,17H,6,8,12H2,1-3H3,(H,31,32)/t14-,17?/m1/s1. The van der Waals surface area contributed by atoms with Crippen LogP contribution < -0.4 is 5.32 Å². The molecule has 4 heterocycles. The minimum absolute atomic E-state index is 0.0157.